The molecule has 0 amide bonds. The molecule has 25 heavy (non-hydrogen) atoms. The highest BCUT2D eigenvalue weighted by molar-refractivity contribution is 5.16. The number of piperidine rings is 1. The van der Waals surface area contributed by atoms with Gasteiger partial charge in [0.2, 0.25) is 0 Å². The number of aromatic amines is 1. The average Bonchev–Trinajstić information content (AvgIpc) is 3.28. The molecule has 0 saturated carbocycles. The first-order valence-electron chi connectivity index (χ1n) is 9.28. The molecule has 3 heterocycles. The summed E-state index contributed by atoms with van der Waals surface area (Å²) in [6, 6.07) is 10.1. The quantitative estimate of drug-likeness (QED) is 0.900. The van der Waals surface area contributed by atoms with E-state index in [0.717, 1.165) is 57.1 Å². The standard InChI is InChI=1S/C19H26N4O2/c24-19-21-20-18(23(19)13-15-4-2-1-3-5-15)17-6-9-22(10-7-17)12-16-8-11-25-14-16/h1-5,16-17H,6-14H2,(H,21,24)/t16-/m0/s1. The summed E-state index contributed by atoms with van der Waals surface area (Å²) in [4.78, 5) is 14.7. The Bertz CT molecular complexity index is 725. The lowest BCUT2D eigenvalue weighted by atomic mass is 9.95. The molecule has 4 rings (SSSR count). The Morgan fingerprint density at radius 2 is 1.96 bits per heavy atom. The van der Waals surface area contributed by atoms with E-state index in [1.165, 1.54) is 6.42 Å². The number of rotatable bonds is 5. The Hall–Kier alpha value is -1.92. The minimum Gasteiger partial charge on any atom is -0.381 e. The molecule has 1 aromatic carbocycles. The first-order chi connectivity index (χ1) is 12.3. The van der Waals surface area contributed by atoms with Crippen LogP contribution in [0, 0.1) is 5.92 Å². The highest BCUT2D eigenvalue weighted by Gasteiger charge is 2.27. The molecular formula is C19H26N4O2. The molecule has 0 spiro atoms. The summed E-state index contributed by atoms with van der Waals surface area (Å²) < 4.78 is 7.29. The van der Waals surface area contributed by atoms with E-state index in [-0.39, 0.29) is 5.69 Å². The number of nitrogens with one attached hydrogen (secondary N) is 1. The van der Waals surface area contributed by atoms with Crippen LogP contribution in [0.1, 0.15) is 36.6 Å². The van der Waals surface area contributed by atoms with Gasteiger partial charge in [-0.2, -0.15) is 5.10 Å². The molecule has 6 nitrogen and oxygen atoms in total. The van der Waals surface area contributed by atoms with Crippen LogP contribution in [0.15, 0.2) is 35.1 Å². The van der Waals surface area contributed by atoms with Gasteiger partial charge in [0.15, 0.2) is 0 Å². The van der Waals surface area contributed by atoms with Gasteiger partial charge in [-0.15, -0.1) is 0 Å². The minimum absolute atomic E-state index is 0.107. The van der Waals surface area contributed by atoms with Gasteiger partial charge < -0.3 is 9.64 Å². The van der Waals surface area contributed by atoms with E-state index in [2.05, 4.69) is 27.2 Å². The van der Waals surface area contributed by atoms with Gasteiger partial charge in [-0.05, 0) is 43.8 Å². The van der Waals surface area contributed by atoms with Crippen LogP contribution >= 0.6 is 0 Å². The minimum atomic E-state index is -0.107. The number of likely N-dealkylation sites (tertiary alicyclic amines) is 1. The molecular weight excluding hydrogens is 316 g/mol. The van der Waals surface area contributed by atoms with Crippen molar-refractivity contribution in [3.05, 3.63) is 52.2 Å². The Morgan fingerprint density at radius 1 is 1.16 bits per heavy atom. The van der Waals surface area contributed by atoms with Crippen molar-refractivity contribution < 1.29 is 4.74 Å². The van der Waals surface area contributed by atoms with Crippen LogP contribution in [-0.2, 0) is 11.3 Å². The molecule has 2 aromatic rings. The topological polar surface area (TPSA) is 63.1 Å². The van der Waals surface area contributed by atoms with Crippen molar-refractivity contribution in [3.63, 3.8) is 0 Å². The monoisotopic (exact) mass is 342 g/mol. The predicted octanol–water partition coefficient (Wildman–Crippen LogP) is 1.84. The molecule has 1 atom stereocenters. The lowest BCUT2D eigenvalue weighted by Crippen LogP contribution is -2.37. The normalized spacial score (nSPS) is 22.5. The third-order valence-corrected chi connectivity index (χ3v) is 5.46. The Kier molecular flexibility index (Phi) is 4.99. The molecule has 1 aromatic heterocycles. The second-order valence-corrected chi connectivity index (χ2v) is 7.26. The Labute approximate surface area is 147 Å². The van der Waals surface area contributed by atoms with Crippen molar-refractivity contribution in [1.82, 2.24) is 19.7 Å². The Balaban J connectivity index is 1.40. The van der Waals surface area contributed by atoms with Gasteiger partial charge in [0.25, 0.3) is 0 Å². The second-order valence-electron chi connectivity index (χ2n) is 7.26. The van der Waals surface area contributed by atoms with E-state index in [4.69, 9.17) is 4.74 Å². The van der Waals surface area contributed by atoms with Crippen LogP contribution < -0.4 is 5.69 Å². The first-order valence-corrected chi connectivity index (χ1v) is 9.28. The molecule has 0 aliphatic carbocycles. The van der Waals surface area contributed by atoms with Crippen LogP contribution in [0.2, 0.25) is 0 Å². The van der Waals surface area contributed by atoms with E-state index >= 15 is 0 Å². The van der Waals surface area contributed by atoms with Crippen LogP contribution in [0.25, 0.3) is 0 Å². The van der Waals surface area contributed by atoms with Crippen molar-refractivity contribution in [3.8, 4) is 0 Å². The summed E-state index contributed by atoms with van der Waals surface area (Å²) in [6.07, 6.45) is 3.31. The van der Waals surface area contributed by atoms with E-state index in [1.54, 1.807) is 4.57 Å². The Morgan fingerprint density at radius 3 is 2.68 bits per heavy atom. The fourth-order valence-electron chi connectivity index (χ4n) is 4.03. The SMILES string of the molecule is O=c1[nH]nc(C2CCN(C[C@@H]3CCOC3)CC2)n1Cc1ccccc1. The van der Waals surface area contributed by atoms with Gasteiger partial charge in [-0.1, -0.05) is 30.3 Å². The molecule has 1 N–H and O–H groups in total. The van der Waals surface area contributed by atoms with E-state index in [0.29, 0.717) is 18.4 Å². The molecule has 2 aliphatic rings. The maximum atomic E-state index is 12.2. The van der Waals surface area contributed by atoms with E-state index in [9.17, 15) is 4.79 Å². The van der Waals surface area contributed by atoms with Crippen LogP contribution in [0.3, 0.4) is 0 Å². The van der Waals surface area contributed by atoms with Crippen molar-refractivity contribution >= 4 is 0 Å². The fourth-order valence-corrected chi connectivity index (χ4v) is 4.03. The summed E-state index contributed by atoms with van der Waals surface area (Å²) in [7, 11) is 0. The van der Waals surface area contributed by atoms with Crippen LogP contribution in [0.5, 0.6) is 0 Å². The van der Waals surface area contributed by atoms with E-state index in [1.807, 2.05) is 18.2 Å². The van der Waals surface area contributed by atoms with Crippen molar-refractivity contribution in [2.75, 3.05) is 32.8 Å². The summed E-state index contributed by atoms with van der Waals surface area (Å²) in [6.45, 7) is 5.71. The number of benzene rings is 1. The molecule has 2 aliphatic heterocycles. The van der Waals surface area contributed by atoms with Crippen LogP contribution in [-0.4, -0.2) is 52.5 Å². The average molecular weight is 342 g/mol. The summed E-state index contributed by atoms with van der Waals surface area (Å²) in [5.74, 6) is 1.97. The zero-order chi connectivity index (χ0) is 17.1. The first kappa shape index (κ1) is 16.5. The van der Waals surface area contributed by atoms with Crippen molar-refractivity contribution in [2.45, 2.75) is 31.7 Å². The summed E-state index contributed by atoms with van der Waals surface area (Å²) in [5.41, 5.74) is 1.02. The highest BCUT2D eigenvalue weighted by Crippen LogP contribution is 2.27. The van der Waals surface area contributed by atoms with E-state index < -0.39 is 0 Å². The smallest absolute Gasteiger partial charge is 0.343 e. The number of hydrogen-bond acceptors (Lipinski definition) is 4. The lowest BCUT2D eigenvalue weighted by Gasteiger charge is -2.32. The number of hydrogen-bond donors (Lipinski definition) is 1. The van der Waals surface area contributed by atoms with Gasteiger partial charge in [0.1, 0.15) is 5.82 Å². The second kappa shape index (κ2) is 7.54. The highest BCUT2D eigenvalue weighted by atomic mass is 16.5. The van der Waals surface area contributed by atoms with Crippen molar-refractivity contribution in [2.24, 2.45) is 5.92 Å². The van der Waals surface area contributed by atoms with Gasteiger partial charge in [-0.3, -0.25) is 4.57 Å². The summed E-state index contributed by atoms with van der Waals surface area (Å²) in [5, 5.41) is 7.00. The van der Waals surface area contributed by atoms with Gasteiger partial charge >= 0.3 is 5.69 Å². The van der Waals surface area contributed by atoms with Gasteiger partial charge in [-0.25, -0.2) is 9.89 Å². The third-order valence-electron chi connectivity index (χ3n) is 5.46. The van der Waals surface area contributed by atoms with Crippen LogP contribution in [0.4, 0.5) is 0 Å². The lowest BCUT2D eigenvalue weighted by molar-refractivity contribution is 0.150. The zero-order valence-electron chi connectivity index (χ0n) is 14.6. The number of ether oxygens (including phenoxy) is 1. The molecule has 0 radical (unpaired) electrons. The molecule has 134 valence electrons. The molecule has 2 saturated heterocycles. The number of aromatic nitrogens is 3. The fraction of sp³-hybridized carbons (Fsp3) is 0.579. The molecule has 0 bridgehead atoms. The zero-order valence-corrected chi connectivity index (χ0v) is 14.6. The van der Waals surface area contributed by atoms with Gasteiger partial charge in [0.05, 0.1) is 13.2 Å². The third kappa shape index (κ3) is 3.85. The molecule has 6 heteroatoms. The number of H-pyrrole nitrogens is 1. The van der Waals surface area contributed by atoms with Crippen molar-refractivity contribution in [1.29, 1.82) is 0 Å². The predicted molar refractivity (Wildman–Crippen MR) is 95.7 cm³/mol. The molecule has 0 unspecified atom stereocenters. The summed E-state index contributed by atoms with van der Waals surface area (Å²) >= 11 is 0. The number of nitrogens with zero attached hydrogens (tertiary/aromatic N) is 3. The maximum Gasteiger partial charge on any atom is 0.343 e. The largest absolute Gasteiger partial charge is 0.381 e. The molecule has 2 fully saturated rings. The maximum absolute atomic E-state index is 12.2. The van der Waals surface area contributed by atoms with Gasteiger partial charge in [0, 0.05) is 19.1 Å².